The molecule has 150 valence electrons. The zero-order valence-corrected chi connectivity index (χ0v) is 17.6. The van der Waals surface area contributed by atoms with Crippen LogP contribution in [-0.4, -0.2) is 11.8 Å². The molecule has 3 aromatic rings. The number of nitrogens with one attached hydrogen (secondary N) is 1. The molecular formula is C26H24N2O2. The second kappa shape index (κ2) is 7.64. The van der Waals surface area contributed by atoms with Crippen LogP contribution in [-0.2, 0) is 9.59 Å². The summed E-state index contributed by atoms with van der Waals surface area (Å²) in [5, 5.41) is 3.28. The molecular weight excluding hydrogens is 372 g/mol. The summed E-state index contributed by atoms with van der Waals surface area (Å²) in [7, 11) is 0. The van der Waals surface area contributed by atoms with Gasteiger partial charge in [-0.15, -0.1) is 0 Å². The van der Waals surface area contributed by atoms with Gasteiger partial charge in [-0.2, -0.15) is 0 Å². The monoisotopic (exact) mass is 396 g/mol. The minimum Gasteiger partial charge on any atom is -0.350 e. The summed E-state index contributed by atoms with van der Waals surface area (Å²) < 4.78 is 0. The van der Waals surface area contributed by atoms with Crippen molar-refractivity contribution >= 4 is 28.8 Å². The van der Waals surface area contributed by atoms with E-state index in [1.165, 1.54) is 4.90 Å². The molecule has 1 aliphatic rings. The number of hydrogen-bond acceptors (Lipinski definition) is 3. The lowest BCUT2D eigenvalue weighted by Gasteiger charge is -2.16. The number of para-hydroxylation sites is 1. The van der Waals surface area contributed by atoms with Gasteiger partial charge < -0.3 is 5.32 Å². The molecule has 2 amide bonds. The zero-order chi connectivity index (χ0) is 21.4. The van der Waals surface area contributed by atoms with Crippen molar-refractivity contribution in [1.82, 2.24) is 0 Å². The van der Waals surface area contributed by atoms with E-state index in [4.69, 9.17) is 0 Å². The van der Waals surface area contributed by atoms with Crippen LogP contribution in [0.5, 0.6) is 0 Å². The van der Waals surface area contributed by atoms with E-state index in [-0.39, 0.29) is 11.8 Å². The number of amides is 2. The summed E-state index contributed by atoms with van der Waals surface area (Å²) in [6, 6.07) is 20.8. The summed E-state index contributed by atoms with van der Waals surface area (Å²) in [6.07, 6.45) is 0. The predicted molar refractivity (Wildman–Crippen MR) is 121 cm³/mol. The summed E-state index contributed by atoms with van der Waals surface area (Å²) in [5.41, 5.74) is 7.20. The predicted octanol–water partition coefficient (Wildman–Crippen LogP) is 5.32. The Morgan fingerprint density at radius 1 is 0.700 bits per heavy atom. The lowest BCUT2D eigenvalue weighted by molar-refractivity contribution is -0.120. The first-order chi connectivity index (χ1) is 14.4. The Kier molecular flexibility index (Phi) is 5.00. The molecule has 4 heteroatoms. The van der Waals surface area contributed by atoms with Crippen molar-refractivity contribution in [2.45, 2.75) is 27.7 Å². The highest BCUT2D eigenvalue weighted by Gasteiger charge is 2.40. The third-order valence-corrected chi connectivity index (χ3v) is 5.76. The molecule has 4 nitrogen and oxygen atoms in total. The van der Waals surface area contributed by atoms with Crippen LogP contribution in [0.25, 0.3) is 5.57 Å². The lowest BCUT2D eigenvalue weighted by Crippen LogP contribution is -2.32. The van der Waals surface area contributed by atoms with Gasteiger partial charge in [0.05, 0.1) is 11.3 Å². The number of imide groups is 1. The average Bonchev–Trinajstić information content (AvgIpc) is 2.98. The molecule has 0 atom stereocenters. The van der Waals surface area contributed by atoms with Gasteiger partial charge in [0, 0.05) is 5.69 Å². The average molecular weight is 396 g/mol. The number of rotatable bonds is 4. The zero-order valence-electron chi connectivity index (χ0n) is 17.6. The SMILES string of the molecule is Cc1ccc(C2=C(Nc3cccc(C)c3C)C(=O)N(c3ccccc3)C2=O)cc1C. The van der Waals surface area contributed by atoms with E-state index in [0.717, 1.165) is 33.5 Å². The van der Waals surface area contributed by atoms with Crippen molar-refractivity contribution in [2.24, 2.45) is 0 Å². The number of nitrogens with zero attached hydrogens (tertiary/aromatic N) is 1. The third kappa shape index (κ3) is 3.30. The summed E-state index contributed by atoms with van der Waals surface area (Å²) in [6.45, 7) is 8.06. The first-order valence-corrected chi connectivity index (χ1v) is 9.97. The Morgan fingerprint density at radius 3 is 2.13 bits per heavy atom. The molecule has 4 rings (SSSR count). The van der Waals surface area contributed by atoms with Gasteiger partial charge in [0.2, 0.25) is 0 Å². The molecule has 3 aromatic carbocycles. The topological polar surface area (TPSA) is 49.4 Å². The van der Waals surface area contributed by atoms with Gasteiger partial charge in [-0.25, -0.2) is 4.90 Å². The molecule has 0 saturated carbocycles. The van der Waals surface area contributed by atoms with Crippen molar-refractivity contribution in [3.05, 3.63) is 100 Å². The van der Waals surface area contributed by atoms with Gasteiger partial charge >= 0.3 is 0 Å². The highest BCUT2D eigenvalue weighted by Crippen LogP contribution is 2.35. The van der Waals surface area contributed by atoms with E-state index in [0.29, 0.717) is 17.0 Å². The van der Waals surface area contributed by atoms with Crippen LogP contribution < -0.4 is 10.2 Å². The smallest absolute Gasteiger partial charge is 0.282 e. The highest BCUT2D eigenvalue weighted by atomic mass is 16.2. The lowest BCUT2D eigenvalue weighted by atomic mass is 9.99. The number of carbonyl (C=O) groups excluding carboxylic acids is 2. The maximum Gasteiger partial charge on any atom is 0.282 e. The van der Waals surface area contributed by atoms with Gasteiger partial charge in [-0.3, -0.25) is 9.59 Å². The standard InChI is InChI=1S/C26H24N2O2/c1-16-13-14-20(15-18(16)3)23-24(27-22-12-8-9-17(2)19(22)4)26(30)28(25(23)29)21-10-6-5-7-11-21/h5-15,27H,1-4H3. The molecule has 0 radical (unpaired) electrons. The Hall–Kier alpha value is -3.66. The summed E-state index contributed by atoms with van der Waals surface area (Å²) >= 11 is 0. The number of anilines is 2. The number of carbonyl (C=O) groups is 2. The molecule has 1 N–H and O–H groups in total. The molecule has 0 aromatic heterocycles. The summed E-state index contributed by atoms with van der Waals surface area (Å²) in [4.78, 5) is 28.2. The first kappa shape index (κ1) is 19.6. The molecule has 0 saturated heterocycles. The number of aryl methyl sites for hydroxylation is 3. The van der Waals surface area contributed by atoms with Gasteiger partial charge in [-0.05, 0) is 73.7 Å². The largest absolute Gasteiger partial charge is 0.350 e. The van der Waals surface area contributed by atoms with Crippen LogP contribution >= 0.6 is 0 Å². The van der Waals surface area contributed by atoms with Crippen LogP contribution in [0.1, 0.15) is 27.8 Å². The van der Waals surface area contributed by atoms with Crippen molar-refractivity contribution < 1.29 is 9.59 Å². The fourth-order valence-corrected chi connectivity index (χ4v) is 3.64. The van der Waals surface area contributed by atoms with Gasteiger partial charge in [-0.1, -0.05) is 48.5 Å². The quantitative estimate of drug-likeness (QED) is 0.608. The van der Waals surface area contributed by atoms with Crippen LogP contribution in [0.2, 0.25) is 0 Å². The Balaban J connectivity index is 1.88. The Morgan fingerprint density at radius 2 is 1.43 bits per heavy atom. The fourth-order valence-electron chi connectivity index (χ4n) is 3.64. The van der Waals surface area contributed by atoms with Crippen LogP contribution in [0.4, 0.5) is 11.4 Å². The van der Waals surface area contributed by atoms with Crippen molar-refractivity contribution in [2.75, 3.05) is 10.2 Å². The molecule has 0 aliphatic carbocycles. The fraction of sp³-hybridized carbons (Fsp3) is 0.154. The minimum atomic E-state index is -0.347. The Labute approximate surface area is 176 Å². The second-order valence-corrected chi connectivity index (χ2v) is 7.70. The third-order valence-electron chi connectivity index (χ3n) is 5.76. The van der Waals surface area contributed by atoms with E-state index >= 15 is 0 Å². The molecule has 1 aliphatic heterocycles. The highest BCUT2D eigenvalue weighted by molar-refractivity contribution is 6.46. The number of hydrogen-bond donors (Lipinski definition) is 1. The molecule has 1 heterocycles. The van der Waals surface area contributed by atoms with E-state index in [1.54, 1.807) is 12.1 Å². The number of benzene rings is 3. The maximum absolute atomic E-state index is 13.5. The Bertz CT molecular complexity index is 1190. The van der Waals surface area contributed by atoms with E-state index in [1.807, 2.05) is 82.3 Å². The summed E-state index contributed by atoms with van der Waals surface area (Å²) in [5.74, 6) is -0.664. The second-order valence-electron chi connectivity index (χ2n) is 7.70. The normalized spacial score (nSPS) is 13.9. The van der Waals surface area contributed by atoms with E-state index < -0.39 is 0 Å². The van der Waals surface area contributed by atoms with Crippen molar-refractivity contribution in [3.8, 4) is 0 Å². The van der Waals surface area contributed by atoms with Gasteiger partial charge in [0.1, 0.15) is 5.70 Å². The molecule has 0 spiro atoms. The van der Waals surface area contributed by atoms with Crippen LogP contribution in [0, 0.1) is 27.7 Å². The molecule has 0 bridgehead atoms. The molecule has 0 unspecified atom stereocenters. The van der Waals surface area contributed by atoms with Crippen LogP contribution in [0.15, 0.2) is 72.4 Å². The van der Waals surface area contributed by atoms with Gasteiger partial charge in [0.25, 0.3) is 11.8 Å². The van der Waals surface area contributed by atoms with Crippen molar-refractivity contribution in [1.29, 1.82) is 0 Å². The maximum atomic E-state index is 13.5. The van der Waals surface area contributed by atoms with E-state index in [9.17, 15) is 9.59 Å². The minimum absolute atomic E-state index is 0.306. The van der Waals surface area contributed by atoms with E-state index in [2.05, 4.69) is 5.32 Å². The first-order valence-electron chi connectivity index (χ1n) is 9.97. The van der Waals surface area contributed by atoms with Crippen molar-refractivity contribution in [3.63, 3.8) is 0 Å². The molecule has 30 heavy (non-hydrogen) atoms. The van der Waals surface area contributed by atoms with Gasteiger partial charge in [0.15, 0.2) is 0 Å². The van der Waals surface area contributed by atoms with Crippen LogP contribution in [0.3, 0.4) is 0 Å². The molecule has 0 fully saturated rings.